The maximum Gasteiger partial charge on any atom is 0.306 e. The SMILES string of the molecule is O=Cc1cc(Br)ccc1OCC(F)(F)c1ccccc1. The molecule has 0 bridgehead atoms. The number of rotatable bonds is 5. The Balaban J connectivity index is 2.14. The second-order valence-electron chi connectivity index (χ2n) is 4.16. The molecule has 20 heavy (non-hydrogen) atoms. The van der Waals surface area contributed by atoms with E-state index in [0.29, 0.717) is 10.8 Å². The van der Waals surface area contributed by atoms with E-state index < -0.39 is 12.5 Å². The summed E-state index contributed by atoms with van der Waals surface area (Å²) in [5.41, 5.74) is 0.105. The van der Waals surface area contributed by atoms with E-state index >= 15 is 0 Å². The van der Waals surface area contributed by atoms with Crippen molar-refractivity contribution in [1.82, 2.24) is 0 Å². The summed E-state index contributed by atoms with van der Waals surface area (Å²) in [4.78, 5) is 10.9. The fourth-order valence-corrected chi connectivity index (χ4v) is 2.06. The van der Waals surface area contributed by atoms with Crippen LogP contribution in [0.3, 0.4) is 0 Å². The van der Waals surface area contributed by atoms with E-state index in [-0.39, 0.29) is 16.9 Å². The van der Waals surface area contributed by atoms with Gasteiger partial charge in [0.05, 0.1) is 5.56 Å². The average Bonchev–Trinajstić information content (AvgIpc) is 2.46. The predicted molar refractivity (Wildman–Crippen MR) is 75.4 cm³/mol. The molecule has 0 aliphatic heterocycles. The molecule has 2 aromatic rings. The Morgan fingerprint density at radius 1 is 1.15 bits per heavy atom. The molecule has 0 fully saturated rings. The summed E-state index contributed by atoms with van der Waals surface area (Å²) in [6.45, 7) is -0.820. The third-order valence-electron chi connectivity index (χ3n) is 2.70. The Hall–Kier alpha value is -1.75. The van der Waals surface area contributed by atoms with Crippen LogP contribution in [0.5, 0.6) is 5.75 Å². The normalized spacial score (nSPS) is 11.2. The zero-order valence-corrected chi connectivity index (χ0v) is 11.9. The molecule has 104 valence electrons. The first kappa shape index (κ1) is 14.7. The molecule has 0 spiro atoms. The lowest BCUT2D eigenvalue weighted by molar-refractivity contribution is -0.0468. The van der Waals surface area contributed by atoms with Gasteiger partial charge >= 0.3 is 5.92 Å². The quantitative estimate of drug-likeness (QED) is 0.752. The second-order valence-corrected chi connectivity index (χ2v) is 5.07. The number of halogens is 3. The first-order valence-electron chi connectivity index (χ1n) is 5.84. The molecule has 2 nitrogen and oxygen atoms in total. The van der Waals surface area contributed by atoms with Gasteiger partial charge in [0.2, 0.25) is 0 Å². The summed E-state index contributed by atoms with van der Waals surface area (Å²) in [6.07, 6.45) is 0.570. The van der Waals surface area contributed by atoms with Crippen molar-refractivity contribution >= 4 is 22.2 Å². The molecule has 0 aliphatic rings. The molecule has 0 amide bonds. The number of hydrogen-bond acceptors (Lipinski definition) is 2. The standard InChI is InChI=1S/C15H11BrF2O2/c16-13-6-7-14(11(8-13)9-19)20-10-15(17,18)12-4-2-1-3-5-12/h1-9H,10H2. The zero-order chi connectivity index (χ0) is 14.6. The number of benzene rings is 2. The number of aldehydes is 1. The van der Waals surface area contributed by atoms with Crippen molar-refractivity contribution < 1.29 is 18.3 Å². The van der Waals surface area contributed by atoms with Crippen LogP contribution in [0.4, 0.5) is 8.78 Å². The Morgan fingerprint density at radius 3 is 2.50 bits per heavy atom. The highest BCUT2D eigenvalue weighted by Crippen LogP contribution is 2.30. The molecule has 2 rings (SSSR count). The topological polar surface area (TPSA) is 26.3 Å². The third-order valence-corrected chi connectivity index (χ3v) is 3.20. The van der Waals surface area contributed by atoms with Gasteiger partial charge in [-0.3, -0.25) is 4.79 Å². The number of alkyl halides is 2. The molecule has 0 heterocycles. The van der Waals surface area contributed by atoms with Crippen LogP contribution in [0.1, 0.15) is 15.9 Å². The molecule has 0 atom stereocenters. The van der Waals surface area contributed by atoms with Gasteiger partial charge in [-0.1, -0.05) is 46.3 Å². The maximum absolute atomic E-state index is 13.9. The van der Waals surface area contributed by atoms with Gasteiger partial charge in [-0.25, -0.2) is 0 Å². The van der Waals surface area contributed by atoms with Crippen LogP contribution in [0.25, 0.3) is 0 Å². The minimum Gasteiger partial charge on any atom is -0.486 e. The van der Waals surface area contributed by atoms with Gasteiger partial charge in [-0.05, 0) is 18.2 Å². The van der Waals surface area contributed by atoms with Gasteiger partial charge in [0, 0.05) is 10.0 Å². The van der Waals surface area contributed by atoms with E-state index in [9.17, 15) is 13.6 Å². The van der Waals surface area contributed by atoms with E-state index in [1.807, 2.05) is 0 Å². The predicted octanol–water partition coefficient (Wildman–Crippen LogP) is 4.43. The van der Waals surface area contributed by atoms with Crippen LogP contribution in [0.15, 0.2) is 53.0 Å². The molecule has 0 saturated heterocycles. The maximum atomic E-state index is 13.9. The number of carbonyl (C=O) groups is 1. The Kier molecular flexibility index (Phi) is 4.49. The molecule has 2 aromatic carbocycles. The van der Waals surface area contributed by atoms with Gasteiger partial charge in [0.15, 0.2) is 12.9 Å². The fourth-order valence-electron chi connectivity index (χ4n) is 1.68. The van der Waals surface area contributed by atoms with Crippen LogP contribution in [-0.4, -0.2) is 12.9 Å². The minimum atomic E-state index is -3.12. The van der Waals surface area contributed by atoms with Crippen molar-refractivity contribution in [2.75, 3.05) is 6.61 Å². The number of carbonyl (C=O) groups excluding carboxylic acids is 1. The molecule has 0 unspecified atom stereocenters. The van der Waals surface area contributed by atoms with Crippen LogP contribution < -0.4 is 4.74 Å². The first-order valence-corrected chi connectivity index (χ1v) is 6.63. The summed E-state index contributed by atoms with van der Waals surface area (Å²) in [5, 5.41) is 0. The van der Waals surface area contributed by atoms with Crippen molar-refractivity contribution in [3.05, 3.63) is 64.1 Å². The molecule has 0 N–H and O–H groups in total. The molecule has 0 radical (unpaired) electrons. The van der Waals surface area contributed by atoms with Gasteiger partial charge in [-0.15, -0.1) is 0 Å². The summed E-state index contributed by atoms with van der Waals surface area (Å²) in [5.74, 6) is -2.98. The first-order chi connectivity index (χ1) is 9.53. The van der Waals surface area contributed by atoms with Gasteiger partial charge < -0.3 is 4.74 Å². The Labute approximate surface area is 123 Å². The molecular weight excluding hydrogens is 330 g/mol. The van der Waals surface area contributed by atoms with Crippen molar-refractivity contribution in [3.8, 4) is 5.75 Å². The molecule has 0 aliphatic carbocycles. The second kappa shape index (κ2) is 6.13. The van der Waals surface area contributed by atoms with Gasteiger partial charge in [0.1, 0.15) is 5.75 Å². The average molecular weight is 341 g/mol. The van der Waals surface area contributed by atoms with Gasteiger partial charge in [-0.2, -0.15) is 8.78 Å². The number of ether oxygens (including phenoxy) is 1. The van der Waals surface area contributed by atoms with Crippen LogP contribution in [0.2, 0.25) is 0 Å². The van der Waals surface area contributed by atoms with E-state index in [1.54, 1.807) is 24.3 Å². The zero-order valence-electron chi connectivity index (χ0n) is 10.4. The Morgan fingerprint density at radius 2 is 1.85 bits per heavy atom. The van der Waals surface area contributed by atoms with Crippen molar-refractivity contribution in [2.45, 2.75) is 5.92 Å². The van der Waals surface area contributed by atoms with Crippen molar-refractivity contribution in [3.63, 3.8) is 0 Å². The van der Waals surface area contributed by atoms with Crippen LogP contribution in [0, 0.1) is 0 Å². The van der Waals surface area contributed by atoms with E-state index in [1.165, 1.54) is 24.3 Å². The lowest BCUT2D eigenvalue weighted by atomic mass is 10.1. The summed E-state index contributed by atoms with van der Waals surface area (Å²) < 4.78 is 33.7. The highest BCUT2D eigenvalue weighted by Gasteiger charge is 2.32. The molecule has 0 saturated carbocycles. The van der Waals surface area contributed by atoms with Crippen LogP contribution >= 0.6 is 15.9 Å². The molecule has 5 heteroatoms. The fraction of sp³-hybridized carbons (Fsp3) is 0.133. The highest BCUT2D eigenvalue weighted by molar-refractivity contribution is 9.10. The summed E-state index contributed by atoms with van der Waals surface area (Å²) in [7, 11) is 0. The largest absolute Gasteiger partial charge is 0.486 e. The third kappa shape index (κ3) is 3.42. The molecule has 0 aromatic heterocycles. The smallest absolute Gasteiger partial charge is 0.306 e. The lowest BCUT2D eigenvalue weighted by Crippen LogP contribution is -2.23. The minimum absolute atomic E-state index is 0.121. The number of hydrogen-bond donors (Lipinski definition) is 0. The lowest BCUT2D eigenvalue weighted by Gasteiger charge is -2.18. The van der Waals surface area contributed by atoms with E-state index in [0.717, 1.165) is 0 Å². The Bertz CT molecular complexity index is 600. The monoisotopic (exact) mass is 340 g/mol. The summed E-state index contributed by atoms with van der Waals surface area (Å²) >= 11 is 3.20. The van der Waals surface area contributed by atoms with E-state index in [2.05, 4.69) is 15.9 Å². The van der Waals surface area contributed by atoms with Crippen molar-refractivity contribution in [1.29, 1.82) is 0 Å². The highest BCUT2D eigenvalue weighted by atomic mass is 79.9. The van der Waals surface area contributed by atoms with Crippen LogP contribution in [-0.2, 0) is 5.92 Å². The van der Waals surface area contributed by atoms with E-state index in [4.69, 9.17) is 4.74 Å². The van der Waals surface area contributed by atoms with Crippen molar-refractivity contribution in [2.24, 2.45) is 0 Å². The molecular formula is C15H11BrF2O2. The van der Waals surface area contributed by atoms with Gasteiger partial charge in [0.25, 0.3) is 0 Å². The summed E-state index contributed by atoms with van der Waals surface area (Å²) in [6, 6.07) is 12.1.